The van der Waals surface area contributed by atoms with Crippen LogP contribution in [0.1, 0.15) is 11.3 Å². The van der Waals surface area contributed by atoms with Crippen molar-refractivity contribution in [3.8, 4) is 17.2 Å². The summed E-state index contributed by atoms with van der Waals surface area (Å²) < 4.78 is 13.9. The topological polar surface area (TPSA) is 113 Å². The van der Waals surface area contributed by atoms with E-state index in [9.17, 15) is 9.65 Å². The molecule has 3 N–H and O–H groups in total. The molecule has 0 unspecified atom stereocenters. The number of rotatable bonds is 5. The van der Waals surface area contributed by atoms with Crippen LogP contribution in [0.25, 0.3) is 22.0 Å². The van der Waals surface area contributed by atoms with Crippen LogP contribution in [0.5, 0.6) is 0 Å². The van der Waals surface area contributed by atoms with Crippen molar-refractivity contribution in [2.24, 2.45) is 0 Å². The van der Waals surface area contributed by atoms with Crippen molar-refractivity contribution in [1.29, 1.82) is 5.26 Å². The van der Waals surface area contributed by atoms with Crippen molar-refractivity contribution in [1.82, 2.24) is 20.2 Å². The van der Waals surface area contributed by atoms with Crippen molar-refractivity contribution < 1.29 is 4.39 Å². The fraction of sp³-hybridized carbons (Fsp3) is 0.0952. The van der Waals surface area contributed by atoms with Gasteiger partial charge in [-0.1, -0.05) is 30.3 Å². The first kappa shape index (κ1) is 18.3. The van der Waals surface area contributed by atoms with E-state index < -0.39 is 0 Å². The predicted octanol–water partition coefficient (Wildman–Crippen LogP) is 3.33. The van der Waals surface area contributed by atoms with Crippen LogP contribution >= 0.6 is 0 Å². The number of aromatic nitrogens is 4. The van der Waals surface area contributed by atoms with Crippen molar-refractivity contribution in [3.63, 3.8) is 0 Å². The highest BCUT2D eigenvalue weighted by Crippen LogP contribution is 2.30. The van der Waals surface area contributed by atoms with Crippen LogP contribution < -0.4 is 11.1 Å². The second kappa shape index (κ2) is 7.86. The molecule has 0 saturated heterocycles. The van der Waals surface area contributed by atoms with E-state index in [1.54, 1.807) is 6.07 Å². The molecule has 0 aliphatic heterocycles. The fourth-order valence-corrected chi connectivity index (χ4v) is 3.18. The summed E-state index contributed by atoms with van der Waals surface area (Å²) in [4.78, 5) is 7.89. The fourth-order valence-electron chi connectivity index (χ4n) is 3.18. The molecular weight excluding hydrogens is 369 g/mol. The predicted molar refractivity (Wildman–Crippen MR) is 108 cm³/mol. The van der Waals surface area contributed by atoms with Gasteiger partial charge in [-0.25, -0.2) is 14.4 Å². The van der Waals surface area contributed by atoms with Crippen LogP contribution in [0.15, 0.2) is 54.9 Å². The average molecular weight is 385 g/mol. The summed E-state index contributed by atoms with van der Waals surface area (Å²) in [7, 11) is 0. The van der Waals surface area contributed by atoms with Gasteiger partial charge in [-0.15, -0.1) is 0 Å². The number of benzene rings is 2. The van der Waals surface area contributed by atoms with E-state index in [1.165, 1.54) is 18.5 Å². The molecular formula is C21H16FN7. The zero-order valence-corrected chi connectivity index (χ0v) is 15.3. The van der Waals surface area contributed by atoms with Crippen LogP contribution in [-0.4, -0.2) is 26.7 Å². The lowest BCUT2D eigenvalue weighted by molar-refractivity contribution is 0.628. The molecule has 2 aromatic carbocycles. The van der Waals surface area contributed by atoms with Crippen LogP contribution in [0.2, 0.25) is 0 Å². The summed E-state index contributed by atoms with van der Waals surface area (Å²) in [5.74, 6) is 0.166. The Hall–Kier alpha value is -4.12. The van der Waals surface area contributed by atoms with Gasteiger partial charge in [0.2, 0.25) is 0 Å². The van der Waals surface area contributed by atoms with Gasteiger partial charge in [0.25, 0.3) is 0 Å². The van der Waals surface area contributed by atoms with Crippen molar-refractivity contribution in [2.45, 2.75) is 6.42 Å². The van der Waals surface area contributed by atoms with Crippen LogP contribution in [-0.2, 0) is 6.42 Å². The molecule has 0 radical (unpaired) electrons. The average Bonchev–Trinajstić information content (AvgIpc) is 2.73. The Labute approximate surface area is 166 Å². The largest absolute Gasteiger partial charge is 0.382 e. The molecule has 0 saturated carbocycles. The van der Waals surface area contributed by atoms with Gasteiger partial charge in [-0.3, -0.25) is 0 Å². The Morgan fingerprint density at radius 2 is 1.93 bits per heavy atom. The molecule has 0 fully saturated rings. The van der Waals surface area contributed by atoms with Crippen molar-refractivity contribution in [3.05, 3.63) is 71.9 Å². The molecule has 2 heterocycles. The zero-order valence-electron chi connectivity index (χ0n) is 15.3. The first-order valence-corrected chi connectivity index (χ1v) is 8.92. The highest BCUT2D eigenvalue weighted by molar-refractivity contribution is 5.95. The summed E-state index contributed by atoms with van der Waals surface area (Å²) in [5, 5.41) is 21.9. The van der Waals surface area contributed by atoms with Crippen molar-refractivity contribution >= 4 is 22.5 Å². The number of anilines is 2. The highest BCUT2D eigenvalue weighted by atomic mass is 19.1. The summed E-state index contributed by atoms with van der Waals surface area (Å²) in [5.41, 5.74) is 8.93. The molecule has 8 heteroatoms. The first-order chi connectivity index (χ1) is 14.2. The van der Waals surface area contributed by atoms with E-state index in [0.29, 0.717) is 24.5 Å². The number of nitrogen functional groups attached to an aromatic ring is 1. The van der Waals surface area contributed by atoms with Gasteiger partial charge < -0.3 is 11.1 Å². The summed E-state index contributed by atoms with van der Waals surface area (Å²) >= 11 is 0. The standard InChI is InChI=1S/C21H16FN7/c22-14-5-3-4-13(10-14)19-15-6-1-2-7-17(15)28-29-18(19)8-9-25-21-16(11-23)20(24)26-12-27-21/h1-7,10,12H,8-9H2,(H3,24,25,26,27). The molecule has 0 atom stereocenters. The Bertz CT molecular complexity index is 1230. The van der Waals surface area contributed by atoms with Crippen molar-refractivity contribution in [2.75, 3.05) is 17.6 Å². The molecule has 0 spiro atoms. The van der Waals surface area contributed by atoms with Gasteiger partial charge >= 0.3 is 0 Å². The molecule has 4 aromatic rings. The van der Waals surface area contributed by atoms with Crippen LogP contribution in [0.3, 0.4) is 0 Å². The van der Waals surface area contributed by atoms with Gasteiger partial charge in [-0.2, -0.15) is 15.5 Å². The minimum atomic E-state index is -0.317. The molecule has 142 valence electrons. The maximum atomic E-state index is 13.9. The molecule has 0 aliphatic rings. The second-order valence-corrected chi connectivity index (χ2v) is 6.32. The number of nitrogens with zero attached hydrogens (tertiary/aromatic N) is 5. The molecule has 4 rings (SSSR count). The molecule has 0 amide bonds. The number of nitrogens with one attached hydrogen (secondary N) is 1. The smallest absolute Gasteiger partial charge is 0.149 e. The number of fused-ring (bicyclic) bond motifs is 1. The molecule has 2 aromatic heterocycles. The Morgan fingerprint density at radius 3 is 2.76 bits per heavy atom. The third-order valence-corrected chi connectivity index (χ3v) is 4.50. The van der Waals surface area contributed by atoms with E-state index in [0.717, 1.165) is 22.0 Å². The van der Waals surface area contributed by atoms with Gasteiger partial charge in [0.05, 0.1) is 11.2 Å². The summed E-state index contributed by atoms with van der Waals surface area (Å²) in [6.07, 6.45) is 1.78. The number of hydrogen-bond donors (Lipinski definition) is 2. The SMILES string of the molecule is N#Cc1c(N)ncnc1NCCc1nnc2ccccc2c1-c1cccc(F)c1. The van der Waals surface area contributed by atoms with E-state index in [4.69, 9.17) is 5.73 Å². The van der Waals surface area contributed by atoms with Crippen LogP contribution in [0, 0.1) is 17.1 Å². The normalized spacial score (nSPS) is 10.6. The molecule has 7 nitrogen and oxygen atoms in total. The van der Waals surface area contributed by atoms with Gasteiger partial charge in [0.15, 0.2) is 0 Å². The number of halogens is 1. The minimum absolute atomic E-state index is 0.121. The maximum absolute atomic E-state index is 13.9. The number of nitriles is 1. The van der Waals surface area contributed by atoms with E-state index in [-0.39, 0.29) is 17.2 Å². The lowest BCUT2D eigenvalue weighted by Crippen LogP contribution is -2.12. The molecule has 0 aliphatic carbocycles. The molecule has 0 bridgehead atoms. The lowest BCUT2D eigenvalue weighted by atomic mass is 9.98. The Kier molecular flexibility index (Phi) is 4.95. The summed E-state index contributed by atoms with van der Waals surface area (Å²) in [6, 6.07) is 16.0. The Morgan fingerprint density at radius 1 is 1.07 bits per heavy atom. The third-order valence-electron chi connectivity index (χ3n) is 4.50. The Balaban J connectivity index is 1.69. The third kappa shape index (κ3) is 3.66. The highest BCUT2D eigenvalue weighted by Gasteiger charge is 2.14. The quantitative estimate of drug-likeness (QED) is 0.542. The number of hydrogen-bond acceptors (Lipinski definition) is 7. The van der Waals surface area contributed by atoms with Crippen LogP contribution in [0.4, 0.5) is 16.0 Å². The lowest BCUT2D eigenvalue weighted by Gasteiger charge is -2.13. The number of nitrogens with two attached hydrogens (primary N) is 1. The van der Waals surface area contributed by atoms with E-state index in [1.807, 2.05) is 36.4 Å². The minimum Gasteiger partial charge on any atom is -0.382 e. The van der Waals surface area contributed by atoms with E-state index >= 15 is 0 Å². The van der Waals surface area contributed by atoms with Gasteiger partial charge in [0.1, 0.15) is 35.4 Å². The second-order valence-electron chi connectivity index (χ2n) is 6.32. The zero-order chi connectivity index (χ0) is 20.2. The first-order valence-electron chi connectivity index (χ1n) is 8.92. The summed E-state index contributed by atoms with van der Waals surface area (Å²) in [6.45, 7) is 0.431. The maximum Gasteiger partial charge on any atom is 0.149 e. The van der Waals surface area contributed by atoms with Gasteiger partial charge in [0, 0.05) is 23.9 Å². The van der Waals surface area contributed by atoms with E-state index in [2.05, 4.69) is 25.5 Å². The monoisotopic (exact) mass is 385 g/mol. The van der Waals surface area contributed by atoms with Gasteiger partial charge in [-0.05, 0) is 23.8 Å². The molecule has 29 heavy (non-hydrogen) atoms.